The minimum Gasteiger partial charge on any atom is -0.361 e. The fraction of sp³-hybridized carbons (Fsp3) is 0.292. The summed E-state index contributed by atoms with van der Waals surface area (Å²) in [5, 5.41) is 0.712. The van der Waals surface area contributed by atoms with E-state index in [1.54, 1.807) is 12.3 Å². The van der Waals surface area contributed by atoms with E-state index in [9.17, 15) is 4.39 Å². The van der Waals surface area contributed by atoms with Crippen LogP contribution in [0.1, 0.15) is 42.9 Å². The zero-order valence-corrected chi connectivity index (χ0v) is 17.7. The first-order chi connectivity index (χ1) is 14.5. The van der Waals surface area contributed by atoms with E-state index in [2.05, 4.69) is 21.8 Å². The van der Waals surface area contributed by atoms with Gasteiger partial charge in [-0.05, 0) is 55.2 Å². The molecule has 0 spiro atoms. The second kappa shape index (κ2) is 7.55. The van der Waals surface area contributed by atoms with Crippen molar-refractivity contribution in [2.45, 2.75) is 32.7 Å². The first-order valence-corrected chi connectivity index (χ1v) is 10.7. The molecule has 1 aliphatic heterocycles. The number of halogens is 2. The molecule has 1 saturated heterocycles. The van der Waals surface area contributed by atoms with Crippen molar-refractivity contribution in [2.24, 2.45) is 5.92 Å². The van der Waals surface area contributed by atoms with Gasteiger partial charge in [0.05, 0.1) is 22.8 Å². The highest BCUT2D eigenvalue weighted by atomic mass is 35.5. The molecule has 153 valence electrons. The molecule has 0 amide bonds. The van der Waals surface area contributed by atoms with E-state index in [0.717, 1.165) is 52.4 Å². The molecule has 6 heteroatoms. The third-order valence-electron chi connectivity index (χ3n) is 6.16. The lowest BCUT2D eigenvalue weighted by Gasteiger charge is -2.32. The van der Waals surface area contributed by atoms with Crippen LogP contribution in [0.15, 0.2) is 54.1 Å². The molecule has 1 fully saturated rings. The van der Waals surface area contributed by atoms with Crippen LogP contribution in [-0.4, -0.2) is 26.4 Å². The summed E-state index contributed by atoms with van der Waals surface area (Å²) in [7, 11) is 0. The molecular weight excluding hydrogens is 399 g/mol. The summed E-state index contributed by atoms with van der Waals surface area (Å²) in [6.45, 7) is 5.05. The minimum atomic E-state index is -0.129. The Bertz CT molecular complexity index is 1160. The standard InChI is InChI=1S/C24H23ClFN4/c1-14-10-12-30(21-13-16(26)6-7-17(21)19-5-3-4-11-27-19)23(14)24-28-20-9-8-18(25)15(2)22(20)29-24/h3-5,7-9,11,13-14,23H,6,10,12H2,1-2H3,(H,28,29)/t14-,23-/m0/s1. The number of aryl methyl sites for hydroxylation is 1. The summed E-state index contributed by atoms with van der Waals surface area (Å²) in [5.74, 6) is 1.14. The van der Waals surface area contributed by atoms with Crippen molar-refractivity contribution in [3.8, 4) is 0 Å². The zero-order chi connectivity index (χ0) is 20.8. The average Bonchev–Trinajstić information content (AvgIpc) is 3.35. The number of pyridine rings is 1. The smallest absolute Gasteiger partial charge is 0.130 e. The van der Waals surface area contributed by atoms with Gasteiger partial charge < -0.3 is 9.88 Å². The Hall–Kier alpha value is -2.66. The maximum Gasteiger partial charge on any atom is 0.130 e. The third-order valence-corrected chi connectivity index (χ3v) is 6.57. The van der Waals surface area contributed by atoms with E-state index in [-0.39, 0.29) is 11.9 Å². The van der Waals surface area contributed by atoms with E-state index in [0.29, 0.717) is 17.4 Å². The molecule has 1 N–H and O–H groups in total. The molecule has 3 heterocycles. The monoisotopic (exact) mass is 421 g/mol. The van der Waals surface area contributed by atoms with E-state index < -0.39 is 0 Å². The summed E-state index contributed by atoms with van der Waals surface area (Å²) in [6.07, 6.45) is 6.69. The number of nitrogens with one attached hydrogen (secondary N) is 1. The van der Waals surface area contributed by atoms with Gasteiger partial charge in [0.25, 0.3) is 0 Å². The van der Waals surface area contributed by atoms with Gasteiger partial charge in [0.15, 0.2) is 0 Å². The Morgan fingerprint density at radius 1 is 1.23 bits per heavy atom. The molecule has 1 aromatic carbocycles. The maximum atomic E-state index is 14.4. The highest BCUT2D eigenvalue weighted by molar-refractivity contribution is 6.32. The Labute approximate surface area is 180 Å². The number of fused-ring (bicyclic) bond motifs is 1. The van der Waals surface area contributed by atoms with Crippen LogP contribution in [0.25, 0.3) is 16.6 Å². The Kier molecular flexibility index (Phi) is 4.86. The molecule has 0 saturated carbocycles. The van der Waals surface area contributed by atoms with Gasteiger partial charge in [-0.25, -0.2) is 9.37 Å². The van der Waals surface area contributed by atoms with Crippen molar-refractivity contribution < 1.29 is 4.39 Å². The van der Waals surface area contributed by atoms with Crippen LogP contribution in [0.5, 0.6) is 0 Å². The summed E-state index contributed by atoms with van der Waals surface area (Å²) < 4.78 is 14.4. The second-order valence-corrected chi connectivity index (χ2v) is 8.52. The van der Waals surface area contributed by atoms with Crippen molar-refractivity contribution in [2.75, 3.05) is 6.54 Å². The molecule has 2 atom stereocenters. The number of H-pyrrole nitrogens is 1. The van der Waals surface area contributed by atoms with Gasteiger partial charge in [-0.1, -0.05) is 24.6 Å². The topological polar surface area (TPSA) is 44.8 Å². The van der Waals surface area contributed by atoms with Crippen LogP contribution >= 0.6 is 11.6 Å². The predicted molar refractivity (Wildman–Crippen MR) is 118 cm³/mol. The van der Waals surface area contributed by atoms with E-state index >= 15 is 0 Å². The summed E-state index contributed by atoms with van der Waals surface area (Å²) in [4.78, 5) is 15.2. The van der Waals surface area contributed by atoms with Crippen LogP contribution in [-0.2, 0) is 0 Å². The van der Waals surface area contributed by atoms with E-state index in [4.69, 9.17) is 16.6 Å². The number of allylic oxidation sites excluding steroid dienone is 3. The van der Waals surface area contributed by atoms with Gasteiger partial charge in [0.2, 0.25) is 0 Å². The zero-order valence-electron chi connectivity index (χ0n) is 17.0. The molecule has 0 unspecified atom stereocenters. The first kappa shape index (κ1) is 19.3. The molecule has 2 aromatic heterocycles. The third kappa shape index (κ3) is 3.21. The molecule has 3 aromatic rings. The molecule has 5 rings (SSSR count). The van der Waals surface area contributed by atoms with E-state index in [1.165, 1.54) is 0 Å². The van der Waals surface area contributed by atoms with Crippen LogP contribution in [0.3, 0.4) is 0 Å². The Morgan fingerprint density at radius 2 is 2.10 bits per heavy atom. The SMILES string of the molecule is Cc1c(Cl)ccc2[nH]c([C@@H]3[C@@H](C)CCN3C3=C(c4ccccn4)[CH]CC(F)=C3)nc12. The van der Waals surface area contributed by atoms with Gasteiger partial charge in [0.1, 0.15) is 11.7 Å². The first-order valence-electron chi connectivity index (χ1n) is 10.3. The minimum absolute atomic E-state index is 0.0276. The lowest BCUT2D eigenvalue weighted by atomic mass is 9.95. The van der Waals surface area contributed by atoms with Crippen LogP contribution in [0.2, 0.25) is 5.02 Å². The number of nitrogens with zero attached hydrogens (tertiary/aromatic N) is 3. The quantitative estimate of drug-likeness (QED) is 0.549. The molecular formula is C24H23ClFN4. The number of hydrogen-bond acceptors (Lipinski definition) is 3. The molecule has 1 aliphatic carbocycles. The van der Waals surface area contributed by atoms with Gasteiger partial charge in [-0.15, -0.1) is 0 Å². The number of aromatic nitrogens is 3. The Morgan fingerprint density at radius 3 is 2.90 bits per heavy atom. The number of benzene rings is 1. The van der Waals surface area contributed by atoms with Gasteiger partial charge >= 0.3 is 0 Å². The van der Waals surface area contributed by atoms with Crippen LogP contribution < -0.4 is 0 Å². The highest BCUT2D eigenvalue weighted by Crippen LogP contribution is 2.43. The fourth-order valence-corrected chi connectivity index (χ4v) is 4.72. The number of rotatable bonds is 3. The van der Waals surface area contributed by atoms with Crippen molar-refractivity contribution in [1.82, 2.24) is 19.9 Å². The van der Waals surface area contributed by atoms with Crippen LogP contribution in [0.4, 0.5) is 4.39 Å². The Balaban J connectivity index is 1.63. The number of aromatic amines is 1. The number of imidazole rings is 1. The van der Waals surface area contributed by atoms with Gasteiger partial charge in [-0.3, -0.25) is 4.98 Å². The van der Waals surface area contributed by atoms with E-state index in [1.807, 2.05) is 43.7 Å². The second-order valence-electron chi connectivity index (χ2n) is 8.11. The average molecular weight is 422 g/mol. The largest absolute Gasteiger partial charge is 0.361 e. The lowest BCUT2D eigenvalue weighted by molar-refractivity contribution is 0.291. The molecule has 0 bridgehead atoms. The molecule has 4 nitrogen and oxygen atoms in total. The highest BCUT2D eigenvalue weighted by Gasteiger charge is 2.37. The fourth-order valence-electron chi connectivity index (χ4n) is 4.57. The lowest BCUT2D eigenvalue weighted by Crippen LogP contribution is -2.27. The van der Waals surface area contributed by atoms with Crippen molar-refractivity contribution in [1.29, 1.82) is 0 Å². The van der Waals surface area contributed by atoms with Crippen LogP contribution in [0, 0.1) is 19.3 Å². The van der Waals surface area contributed by atoms with Crippen molar-refractivity contribution in [3.63, 3.8) is 0 Å². The number of hydrogen-bond donors (Lipinski definition) is 1. The van der Waals surface area contributed by atoms with Crippen molar-refractivity contribution >= 4 is 28.2 Å². The molecule has 30 heavy (non-hydrogen) atoms. The van der Waals surface area contributed by atoms with Crippen molar-refractivity contribution in [3.05, 3.63) is 82.7 Å². The summed E-state index contributed by atoms with van der Waals surface area (Å²) >= 11 is 6.31. The van der Waals surface area contributed by atoms with Gasteiger partial charge in [-0.2, -0.15) is 0 Å². The number of likely N-dealkylation sites (tertiary alicyclic amines) is 1. The molecule has 1 radical (unpaired) electrons. The molecule has 2 aliphatic rings. The summed E-state index contributed by atoms with van der Waals surface area (Å²) in [5.41, 5.74) is 5.56. The summed E-state index contributed by atoms with van der Waals surface area (Å²) in [6, 6.07) is 9.73. The normalized spacial score (nSPS) is 22.1. The maximum absolute atomic E-state index is 14.4. The van der Waals surface area contributed by atoms with Gasteiger partial charge in [0, 0.05) is 41.9 Å². The predicted octanol–water partition coefficient (Wildman–Crippen LogP) is 6.18.